The van der Waals surface area contributed by atoms with E-state index >= 15 is 0 Å². The van der Waals surface area contributed by atoms with Crippen molar-refractivity contribution in [2.45, 2.75) is 118 Å². The zero-order valence-electron chi connectivity index (χ0n) is 33.8. The van der Waals surface area contributed by atoms with Crippen LogP contribution >= 0.6 is 0 Å². The molecule has 0 saturated heterocycles. The van der Waals surface area contributed by atoms with Crippen LogP contribution in [0.3, 0.4) is 0 Å². The van der Waals surface area contributed by atoms with E-state index in [1.54, 1.807) is 0 Å². The van der Waals surface area contributed by atoms with Crippen molar-refractivity contribution in [3.63, 3.8) is 0 Å². The number of hydroxylamine groups is 1. The van der Waals surface area contributed by atoms with Crippen molar-refractivity contribution in [3.8, 4) is 5.75 Å². The fourth-order valence-corrected chi connectivity index (χ4v) is 10.6. The Morgan fingerprint density at radius 1 is 0.708 bits per heavy atom. The molecule has 0 aromatic heterocycles. The minimum Gasteiger partial charge on any atom is -0.491 e. The summed E-state index contributed by atoms with van der Waals surface area (Å²) in [4.78, 5) is 23.9. The lowest BCUT2D eigenvalue weighted by Crippen LogP contribution is -2.74. The van der Waals surface area contributed by atoms with E-state index < -0.39 is 128 Å². The van der Waals surface area contributed by atoms with Gasteiger partial charge in [-0.15, -0.1) is 0 Å². The quantitative estimate of drug-likeness (QED) is 0.0256. The number of benzene rings is 2. The lowest BCUT2D eigenvalue weighted by molar-refractivity contribution is -0.461. The Balaban J connectivity index is 2.27. The number of hydrogen-bond donors (Lipinski definition) is 3. The molecule has 2 aromatic carbocycles. The minimum absolute atomic E-state index is 0.0273. The van der Waals surface area contributed by atoms with E-state index in [9.17, 15) is 93.0 Å². The van der Waals surface area contributed by atoms with Crippen LogP contribution < -0.4 is 15.5 Å². The van der Waals surface area contributed by atoms with Crippen molar-refractivity contribution in [2.24, 2.45) is 0 Å². The number of halogens is 19. The van der Waals surface area contributed by atoms with Gasteiger partial charge in [-0.1, -0.05) is 45.9 Å². The molecule has 2 aromatic rings. The average molecular weight is 997 g/mol. The maximum Gasteiger partial charge on any atom is 0.460 e. The van der Waals surface area contributed by atoms with Crippen molar-refractivity contribution in [2.75, 3.05) is 18.5 Å². The topological polar surface area (TPSA) is 106 Å². The molecule has 0 bridgehead atoms. The second-order valence-electron chi connectivity index (χ2n) is 14.8. The van der Waals surface area contributed by atoms with Crippen LogP contribution in [0.25, 0.3) is 0 Å². The molecule has 0 aliphatic heterocycles. The summed E-state index contributed by atoms with van der Waals surface area (Å²) in [5, 5.41) is 10.7. The molecule has 1 atom stereocenters. The van der Waals surface area contributed by atoms with Crippen LogP contribution in [-0.2, 0) is 14.0 Å². The van der Waals surface area contributed by atoms with Crippen LogP contribution in [0, 0.1) is 11.6 Å². The van der Waals surface area contributed by atoms with Gasteiger partial charge >= 0.3 is 53.7 Å². The van der Waals surface area contributed by atoms with Crippen molar-refractivity contribution in [3.05, 3.63) is 71.8 Å². The smallest absolute Gasteiger partial charge is 0.460 e. The number of carbonyl (C=O) groups is 2. The molecular formula is C37H39F19N2O6Si. The van der Waals surface area contributed by atoms with Gasteiger partial charge in [-0.3, -0.25) is 15.3 Å². The van der Waals surface area contributed by atoms with Crippen LogP contribution in [0.15, 0.2) is 54.6 Å². The van der Waals surface area contributed by atoms with Gasteiger partial charge in [-0.05, 0) is 59.8 Å². The van der Waals surface area contributed by atoms with Crippen LogP contribution in [0.5, 0.6) is 5.75 Å². The van der Waals surface area contributed by atoms with Gasteiger partial charge in [0.2, 0.25) is 0 Å². The SMILES string of the molecule is CC(C)[Si](CCC(F)(F)C(F)(F)C(F)(F)C(F)(F)C(F)(F)C(F)(F)C(F)(F)C(F)(F)F)(OCCOc1ccc([C@@H](CC/C=C/C(=O)NO)OC(=O)Nc2ccc(F)cc2F)cc1)C(C)C. The molecular weight excluding hydrogens is 957 g/mol. The standard InChI is InChI=1S/C37H39F19N2O6Si/c1-20(2)65(21(3)4,18-15-30(40,41)31(42,43)32(44,45)33(46,47)34(48,49)35(50,51)36(52,53)37(54,55)56)63-17-16-62-24-12-9-22(10-13-24)27(7-5-6-8-28(59)58-61)64-29(60)57-26-14-11-23(38)19-25(26)39/h6,8-14,19-21,27,61H,5,7,15-18H2,1-4H3,(H,57,60)(H,58,59)/b8-6+/t27-/m1/s1. The monoisotopic (exact) mass is 996 g/mol. The van der Waals surface area contributed by atoms with Crippen molar-refractivity contribution in [1.82, 2.24) is 5.48 Å². The summed E-state index contributed by atoms with van der Waals surface area (Å²) in [6.07, 6.45) is -10.5. The highest BCUT2D eigenvalue weighted by Crippen LogP contribution is 2.64. The number of rotatable bonds is 23. The molecule has 2 rings (SSSR count). The second kappa shape index (κ2) is 20.6. The molecule has 65 heavy (non-hydrogen) atoms. The Labute approximate surface area is 357 Å². The second-order valence-corrected chi connectivity index (χ2v) is 19.8. The van der Waals surface area contributed by atoms with Gasteiger partial charge in [-0.25, -0.2) is 19.1 Å². The number of amides is 2. The predicted molar refractivity (Wildman–Crippen MR) is 191 cm³/mol. The summed E-state index contributed by atoms with van der Waals surface area (Å²) in [6.45, 7) is 4.04. The zero-order valence-corrected chi connectivity index (χ0v) is 34.8. The molecule has 2 amide bonds. The summed E-state index contributed by atoms with van der Waals surface area (Å²) in [6, 6.07) is 6.14. The van der Waals surface area contributed by atoms with Gasteiger partial charge in [0, 0.05) is 18.6 Å². The number of alkyl halides is 17. The maximum atomic E-state index is 15.0. The minimum atomic E-state index is -8.72. The van der Waals surface area contributed by atoms with Crippen molar-refractivity contribution in [1.29, 1.82) is 0 Å². The fourth-order valence-electron chi connectivity index (χ4n) is 6.15. The highest BCUT2D eigenvalue weighted by molar-refractivity contribution is 6.76. The number of hydrogen-bond acceptors (Lipinski definition) is 6. The van der Waals surface area contributed by atoms with Crippen molar-refractivity contribution >= 4 is 26.0 Å². The average Bonchev–Trinajstić information content (AvgIpc) is 3.18. The molecule has 28 heteroatoms. The molecule has 0 unspecified atom stereocenters. The lowest BCUT2D eigenvalue weighted by Gasteiger charge is -2.44. The number of carbonyl (C=O) groups excluding carboxylic acids is 2. The van der Waals surface area contributed by atoms with Crippen LogP contribution in [0.2, 0.25) is 17.1 Å². The molecule has 3 N–H and O–H groups in total. The molecule has 0 heterocycles. The Bertz CT molecular complexity index is 1940. The third kappa shape index (κ3) is 11.7. The normalized spacial score (nSPS) is 14.6. The third-order valence-electron chi connectivity index (χ3n) is 9.94. The summed E-state index contributed by atoms with van der Waals surface area (Å²) >= 11 is 0. The molecule has 370 valence electrons. The first kappa shape index (κ1) is 56.7. The van der Waals surface area contributed by atoms with Gasteiger partial charge in [0.15, 0.2) is 8.32 Å². The highest BCUT2D eigenvalue weighted by atomic mass is 28.4. The fraction of sp³-hybridized carbons (Fsp3) is 0.568. The molecule has 0 saturated carbocycles. The first-order valence-corrected chi connectivity index (χ1v) is 20.8. The molecule has 0 radical (unpaired) electrons. The Morgan fingerprint density at radius 2 is 1.22 bits per heavy atom. The summed E-state index contributed by atoms with van der Waals surface area (Å²) < 4.78 is 279. The largest absolute Gasteiger partial charge is 0.491 e. The van der Waals surface area contributed by atoms with E-state index in [2.05, 4.69) is 5.32 Å². The molecule has 0 aliphatic carbocycles. The van der Waals surface area contributed by atoms with Gasteiger partial charge in [0.1, 0.15) is 30.1 Å². The predicted octanol–water partition coefficient (Wildman–Crippen LogP) is 12.7. The number of anilines is 1. The number of nitrogens with one attached hydrogen (secondary N) is 2. The molecule has 0 spiro atoms. The number of allylic oxidation sites excluding steroid dienone is 1. The first-order chi connectivity index (χ1) is 29.4. The summed E-state index contributed by atoms with van der Waals surface area (Å²) in [7, 11) is -4.05. The van der Waals surface area contributed by atoms with Crippen LogP contribution in [0.1, 0.15) is 58.6 Å². The Hall–Kier alpha value is -4.47. The number of ether oxygens (including phenoxy) is 2. The maximum absolute atomic E-state index is 15.0. The molecule has 0 aliphatic rings. The Kier molecular flexibility index (Phi) is 17.9. The van der Waals surface area contributed by atoms with Gasteiger partial charge in [0.05, 0.1) is 12.3 Å². The van der Waals surface area contributed by atoms with Gasteiger partial charge in [0.25, 0.3) is 5.91 Å². The summed E-state index contributed by atoms with van der Waals surface area (Å²) in [5.41, 5.74) is -0.699. The van der Waals surface area contributed by atoms with Crippen LogP contribution in [0.4, 0.5) is 93.9 Å². The van der Waals surface area contributed by atoms with E-state index in [1.165, 1.54) is 63.5 Å². The third-order valence-corrected chi connectivity index (χ3v) is 15.6. The highest BCUT2D eigenvalue weighted by Gasteiger charge is 2.95. The van der Waals surface area contributed by atoms with E-state index in [1.807, 2.05) is 0 Å². The molecule has 0 fully saturated rings. The summed E-state index contributed by atoms with van der Waals surface area (Å²) in [5.74, 6) is -60.0. The van der Waals surface area contributed by atoms with Crippen molar-refractivity contribution < 1.29 is 112 Å². The van der Waals surface area contributed by atoms with E-state index in [4.69, 9.17) is 19.1 Å². The van der Waals surface area contributed by atoms with Gasteiger partial charge in [-0.2, -0.15) is 74.6 Å². The zero-order chi connectivity index (χ0) is 50.4. The first-order valence-electron chi connectivity index (χ1n) is 18.5. The van der Waals surface area contributed by atoms with E-state index in [-0.39, 0.29) is 24.2 Å². The molecule has 8 nitrogen and oxygen atoms in total. The van der Waals surface area contributed by atoms with Gasteiger partial charge < -0.3 is 13.9 Å². The van der Waals surface area contributed by atoms with E-state index in [0.717, 1.165) is 18.2 Å². The Morgan fingerprint density at radius 3 is 1.69 bits per heavy atom. The lowest BCUT2D eigenvalue weighted by atomic mass is 9.88. The van der Waals surface area contributed by atoms with Crippen LogP contribution in [-0.4, -0.2) is 86.4 Å². The van der Waals surface area contributed by atoms with E-state index in [0.29, 0.717) is 6.07 Å².